The first-order valence-electron chi connectivity index (χ1n) is 6.71. The van der Waals surface area contributed by atoms with E-state index in [9.17, 15) is 9.59 Å². The van der Waals surface area contributed by atoms with Gasteiger partial charge in [0.05, 0.1) is 12.7 Å². The van der Waals surface area contributed by atoms with Crippen LogP contribution < -0.4 is 4.90 Å². The van der Waals surface area contributed by atoms with Crippen molar-refractivity contribution in [3.05, 3.63) is 59.7 Å². The van der Waals surface area contributed by atoms with Crippen molar-refractivity contribution in [2.75, 3.05) is 12.0 Å². The van der Waals surface area contributed by atoms with Crippen LogP contribution in [-0.4, -0.2) is 19.5 Å². The van der Waals surface area contributed by atoms with Crippen LogP contribution in [0.5, 0.6) is 0 Å². The predicted octanol–water partition coefficient (Wildman–Crippen LogP) is 3.33. The fraction of sp³-hybridized carbons (Fsp3) is 0.176. The Morgan fingerprint density at radius 1 is 1.05 bits per heavy atom. The Labute approximate surface area is 124 Å². The van der Waals surface area contributed by atoms with E-state index in [2.05, 4.69) is 11.7 Å². The second kappa shape index (κ2) is 6.70. The molecule has 0 saturated heterocycles. The topological polar surface area (TPSA) is 46.6 Å². The minimum Gasteiger partial charge on any atom is -0.465 e. The monoisotopic (exact) mass is 283 g/mol. The molecule has 21 heavy (non-hydrogen) atoms. The first kappa shape index (κ1) is 14.8. The summed E-state index contributed by atoms with van der Waals surface area (Å²) in [5, 5.41) is 0. The molecule has 0 aliphatic carbocycles. The maximum Gasteiger partial charge on any atom is 0.337 e. The molecule has 0 aliphatic heterocycles. The van der Waals surface area contributed by atoms with Crippen molar-refractivity contribution < 1.29 is 14.3 Å². The Hall–Kier alpha value is -2.62. The third-order valence-electron chi connectivity index (χ3n) is 3.29. The second-order valence-electron chi connectivity index (χ2n) is 4.53. The number of anilines is 2. The highest BCUT2D eigenvalue weighted by Crippen LogP contribution is 2.24. The van der Waals surface area contributed by atoms with E-state index in [1.54, 1.807) is 24.3 Å². The molecule has 0 atom stereocenters. The number of nitrogens with zero attached hydrogens (tertiary/aromatic N) is 1. The van der Waals surface area contributed by atoms with Gasteiger partial charge in [0.25, 0.3) is 0 Å². The highest BCUT2D eigenvalue weighted by atomic mass is 16.5. The van der Waals surface area contributed by atoms with Gasteiger partial charge in [0, 0.05) is 11.4 Å². The zero-order valence-electron chi connectivity index (χ0n) is 12.1. The van der Waals surface area contributed by atoms with Gasteiger partial charge in [-0.15, -0.1) is 0 Å². The summed E-state index contributed by atoms with van der Waals surface area (Å²) in [6.07, 6.45) is 1.71. The molecular formula is C17H17NO3. The van der Waals surface area contributed by atoms with Crippen molar-refractivity contribution in [2.45, 2.75) is 13.3 Å². The maximum atomic E-state index is 11.4. The number of ether oxygens (including phenoxy) is 1. The number of hydrogen-bond acceptors (Lipinski definition) is 3. The van der Waals surface area contributed by atoms with Gasteiger partial charge in [-0.2, -0.15) is 0 Å². The van der Waals surface area contributed by atoms with Crippen LogP contribution in [0.3, 0.4) is 0 Å². The number of methoxy groups -OCH3 is 1. The van der Waals surface area contributed by atoms with E-state index in [1.807, 2.05) is 24.3 Å². The molecule has 4 nitrogen and oxygen atoms in total. The van der Waals surface area contributed by atoms with Crippen LogP contribution in [-0.2, 0) is 16.0 Å². The van der Waals surface area contributed by atoms with Crippen LogP contribution in [0.15, 0.2) is 48.5 Å². The van der Waals surface area contributed by atoms with Crippen molar-refractivity contribution >= 4 is 23.8 Å². The maximum absolute atomic E-state index is 11.4. The summed E-state index contributed by atoms with van der Waals surface area (Å²) in [6.45, 7) is 2.08. The summed E-state index contributed by atoms with van der Waals surface area (Å²) >= 11 is 0. The molecule has 0 saturated carbocycles. The van der Waals surface area contributed by atoms with Gasteiger partial charge in [-0.05, 0) is 48.4 Å². The molecule has 0 spiro atoms. The molecule has 0 aromatic heterocycles. The Kier molecular flexibility index (Phi) is 4.72. The molecule has 2 aromatic rings. The SMILES string of the molecule is CCc1ccc(N(C=O)c2ccc(C(=O)OC)cc2)cc1. The van der Waals surface area contributed by atoms with E-state index in [0.29, 0.717) is 11.3 Å². The molecule has 0 fully saturated rings. The molecular weight excluding hydrogens is 266 g/mol. The molecule has 0 bridgehead atoms. The van der Waals surface area contributed by atoms with Crippen molar-refractivity contribution in [3.63, 3.8) is 0 Å². The molecule has 1 amide bonds. The van der Waals surface area contributed by atoms with E-state index in [0.717, 1.165) is 18.5 Å². The van der Waals surface area contributed by atoms with E-state index in [4.69, 9.17) is 0 Å². The average Bonchev–Trinajstić information content (AvgIpc) is 2.56. The lowest BCUT2D eigenvalue weighted by Gasteiger charge is -2.18. The van der Waals surface area contributed by atoms with Crippen molar-refractivity contribution in [3.8, 4) is 0 Å². The summed E-state index contributed by atoms with van der Waals surface area (Å²) in [4.78, 5) is 24.3. The Morgan fingerprint density at radius 3 is 2.00 bits per heavy atom. The van der Waals surface area contributed by atoms with Crippen molar-refractivity contribution in [1.82, 2.24) is 0 Å². The van der Waals surface area contributed by atoms with Gasteiger partial charge < -0.3 is 4.74 Å². The number of benzene rings is 2. The van der Waals surface area contributed by atoms with Gasteiger partial charge in [0.15, 0.2) is 0 Å². The molecule has 4 heteroatoms. The van der Waals surface area contributed by atoms with Gasteiger partial charge in [-0.1, -0.05) is 19.1 Å². The number of hydrogen-bond donors (Lipinski definition) is 0. The standard InChI is InChI=1S/C17H17NO3/c1-3-13-4-8-15(9-5-13)18(12-19)16-10-6-14(7-11-16)17(20)21-2/h4-12H,3H2,1-2H3. The summed E-state index contributed by atoms with van der Waals surface area (Å²) in [5.74, 6) is -0.397. The number of amides is 1. The molecule has 0 unspecified atom stereocenters. The van der Waals surface area contributed by atoms with Gasteiger partial charge >= 0.3 is 5.97 Å². The van der Waals surface area contributed by atoms with Crippen LogP contribution in [0.1, 0.15) is 22.8 Å². The third kappa shape index (κ3) is 3.28. The Morgan fingerprint density at radius 2 is 1.57 bits per heavy atom. The Balaban J connectivity index is 2.28. The number of carbonyl (C=O) groups is 2. The van der Waals surface area contributed by atoms with Crippen LogP contribution >= 0.6 is 0 Å². The lowest BCUT2D eigenvalue weighted by Crippen LogP contribution is -2.14. The fourth-order valence-corrected chi connectivity index (χ4v) is 2.04. The highest BCUT2D eigenvalue weighted by Gasteiger charge is 2.10. The lowest BCUT2D eigenvalue weighted by atomic mass is 10.1. The molecule has 108 valence electrons. The summed E-state index contributed by atoms with van der Waals surface area (Å²) in [5.41, 5.74) is 3.15. The molecule has 2 rings (SSSR count). The van der Waals surface area contributed by atoms with Crippen molar-refractivity contribution in [2.24, 2.45) is 0 Å². The zero-order chi connectivity index (χ0) is 15.2. The first-order valence-corrected chi connectivity index (χ1v) is 6.71. The summed E-state index contributed by atoms with van der Waals surface area (Å²) in [7, 11) is 1.34. The number of aryl methyl sites for hydroxylation is 1. The molecule has 0 radical (unpaired) electrons. The van der Waals surface area contributed by atoms with Gasteiger partial charge in [-0.25, -0.2) is 4.79 Å². The van der Waals surface area contributed by atoms with Crippen LogP contribution in [0.25, 0.3) is 0 Å². The average molecular weight is 283 g/mol. The first-order chi connectivity index (χ1) is 10.2. The van der Waals surface area contributed by atoms with Gasteiger partial charge in [0.1, 0.15) is 0 Å². The quantitative estimate of drug-likeness (QED) is 0.624. The molecule has 0 aliphatic rings. The van der Waals surface area contributed by atoms with Crippen LogP contribution in [0.4, 0.5) is 11.4 Å². The predicted molar refractivity (Wildman–Crippen MR) is 81.8 cm³/mol. The summed E-state index contributed by atoms with van der Waals surface area (Å²) < 4.78 is 4.65. The number of esters is 1. The normalized spacial score (nSPS) is 10.0. The summed E-state index contributed by atoms with van der Waals surface area (Å²) in [6, 6.07) is 14.5. The number of carbonyl (C=O) groups excluding carboxylic acids is 2. The molecule has 0 heterocycles. The fourth-order valence-electron chi connectivity index (χ4n) is 2.04. The minimum absolute atomic E-state index is 0.397. The van der Waals surface area contributed by atoms with Crippen LogP contribution in [0.2, 0.25) is 0 Å². The lowest BCUT2D eigenvalue weighted by molar-refractivity contribution is -0.106. The van der Waals surface area contributed by atoms with Crippen molar-refractivity contribution in [1.29, 1.82) is 0 Å². The van der Waals surface area contributed by atoms with Gasteiger partial charge in [-0.3, -0.25) is 9.69 Å². The smallest absolute Gasteiger partial charge is 0.337 e. The zero-order valence-corrected chi connectivity index (χ0v) is 12.1. The molecule has 2 aromatic carbocycles. The molecule has 0 N–H and O–H groups in total. The minimum atomic E-state index is -0.397. The van der Waals surface area contributed by atoms with Gasteiger partial charge in [0.2, 0.25) is 6.41 Å². The van der Waals surface area contributed by atoms with E-state index < -0.39 is 5.97 Å². The van der Waals surface area contributed by atoms with E-state index in [1.165, 1.54) is 17.6 Å². The van der Waals surface area contributed by atoms with E-state index in [-0.39, 0.29) is 0 Å². The Bertz CT molecular complexity index is 617. The van der Waals surface area contributed by atoms with E-state index >= 15 is 0 Å². The highest BCUT2D eigenvalue weighted by molar-refractivity contribution is 5.91. The third-order valence-corrected chi connectivity index (χ3v) is 3.29. The van der Waals surface area contributed by atoms with Crippen LogP contribution in [0, 0.1) is 0 Å². The largest absolute Gasteiger partial charge is 0.465 e. The number of rotatable bonds is 5. The second-order valence-corrected chi connectivity index (χ2v) is 4.53.